The number of benzene rings is 1. The molecule has 0 aliphatic carbocycles. The summed E-state index contributed by atoms with van der Waals surface area (Å²) in [5.41, 5.74) is 2.91. The molecule has 1 aromatic carbocycles. The lowest BCUT2D eigenvalue weighted by Gasteiger charge is -2.06. The molecule has 5 nitrogen and oxygen atoms in total. The second-order valence-corrected chi connectivity index (χ2v) is 6.59. The Bertz CT molecular complexity index is 619. The highest BCUT2D eigenvalue weighted by molar-refractivity contribution is 7.89. The van der Waals surface area contributed by atoms with Gasteiger partial charge >= 0.3 is 0 Å². The quantitative estimate of drug-likeness (QED) is 0.822. The predicted octanol–water partition coefficient (Wildman–Crippen LogP) is 2.30. The highest BCUT2D eigenvalue weighted by Crippen LogP contribution is 2.16. The lowest BCUT2D eigenvalue weighted by molar-refractivity contribution is 0.578. The maximum Gasteiger partial charge on any atom is 0.211 e. The lowest BCUT2D eigenvalue weighted by atomic mass is 10.1. The summed E-state index contributed by atoms with van der Waals surface area (Å²) in [5.74, 6) is 0.190. The van der Waals surface area contributed by atoms with Gasteiger partial charge in [0.1, 0.15) is 0 Å². The summed E-state index contributed by atoms with van der Waals surface area (Å²) in [6.07, 6.45) is 3.26. The molecule has 1 aromatic heterocycles. The Hall–Kier alpha value is -1.66. The van der Waals surface area contributed by atoms with Crippen LogP contribution >= 0.6 is 0 Å². The van der Waals surface area contributed by atoms with E-state index in [-0.39, 0.29) is 5.75 Å². The van der Waals surface area contributed by atoms with Gasteiger partial charge in [-0.25, -0.2) is 13.1 Å². The summed E-state index contributed by atoms with van der Waals surface area (Å²) in [5, 5.41) is 6.79. The van der Waals surface area contributed by atoms with Gasteiger partial charge in [0.05, 0.1) is 11.4 Å². The van der Waals surface area contributed by atoms with E-state index in [0.29, 0.717) is 13.0 Å². The first-order chi connectivity index (χ1) is 9.61. The van der Waals surface area contributed by atoms with Gasteiger partial charge in [0.2, 0.25) is 10.0 Å². The molecule has 0 aliphatic rings. The molecule has 0 fully saturated rings. The second kappa shape index (κ2) is 6.67. The van der Waals surface area contributed by atoms with Crippen LogP contribution in [0.15, 0.2) is 36.5 Å². The van der Waals surface area contributed by atoms with Crippen molar-refractivity contribution in [3.05, 3.63) is 42.1 Å². The molecule has 0 aliphatic heterocycles. The van der Waals surface area contributed by atoms with Crippen molar-refractivity contribution in [1.29, 1.82) is 0 Å². The van der Waals surface area contributed by atoms with Crippen molar-refractivity contribution >= 4 is 10.0 Å². The van der Waals surface area contributed by atoms with E-state index < -0.39 is 10.0 Å². The fraction of sp³-hybridized carbons (Fsp3) is 0.357. The fourth-order valence-corrected chi connectivity index (χ4v) is 3.02. The Morgan fingerprint density at radius 1 is 1.20 bits per heavy atom. The SMILES string of the molecule is CCCCS(=O)(=O)NCc1ccc(-c2ccn[nH]2)cc1. The summed E-state index contributed by atoms with van der Waals surface area (Å²) in [7, 11) is -3.16. The molecule has 0 amide bonds. The van der Waals surface area contributed by atoms with Crippen molar-refractivity contribution < 1.29 is 8.42 Å². The van der Waals surface area contributed by atoms with Crippen LogP contribution in [0.2, 0.25) is 0 Å². The van der Waals surface area contributed by atoms with Crippen molar-refractivity contribution in [2.24, 2.45) is 0 Å². The highest BCUT2D eigenvalue weighted by atomic mass is 32.2. The van der Waals surface area contributed by atoms with Crippen molar-refractivity contribution in [3.63, 3.8) is 0 Å². The number of H-pyrrole nitrogens is 1. The molecular weight excluding hydrogens is 274 g/mol. The maximum absolute atomic E-state index is 11.7. The summed E-state index contributed by atoms with van der Waals surface area (Å²) >= 11 is 0. The second-order valence-electron chi connectivity index (χ2n) is 4.66. The number of unbranched alkanes of at least 4 members (excludes halogenated alkanes) is 1. The molecule has 2 N–H and O–H groups in total. The van der Waals surface area contributed by atoms with Crippen molar-refractivity contribution in [2.75, 3.05) is 5.75 Å². The van der Waals surface area contributed by atoms with Crippen LogP contribution in [0.4, 0.5) is 0 Å². The fourth-order valence-electron chi connectivity index (χ4n) is 1.82. The van der Waals surface area contributed by atoms with E-state index in [1.807, 2.05) is 37.3 Å². The van der Waals surface area contributed by atoms with Crippen molar-refractivity contribution in [1.82, 2.24) is 14.9 Å². The van der Waals surface area contributed by atoms with Crippen LogP contribution in [0, 0.1) is 0 Å². The smallest absolute Gasteiger partial charge is 0.211 e. The standard InChI is InChI=1S/C14H19N3O2S/c1-2-3-10-20(18,19)16-11-12-4-6-13(7-5-12)14-8-9-15-17-14/h4-9,16H,2-3,10-11H2,1H3,(H,15,17). The van der Waals surface area contributed by atoms with Crippen LogP contribution in [0.1, 0.15) is 25.3 Å². The van der Waals surface area contributed by atoms with Gasteiger partial charge in [-0.05, 0) is 23.6 Å². The first-order valence-corrected chi connectivity index (χ1v) is 8.32. The average Bonchev–Trinajstić information content (AvgIpc) is 2.98. The van der Waals surface area contributed by atoms with Gasteiger partial charge in [0, 0.05) is 12.7 Å². The lowest BCUT2D eigenvalue weighted by Crippen LogP contribution is -2.25. The van der Waals surface area contributed by atoms with Gasteiger partial charge in [0.15, 0.2) is 0 Å². The van der Waals surface area contributed by atoms with E-state index >= 15 is 0 Å². The van der Waals surface area contributed by atoms with Crippen LogP contribution in [-0.2, 0) is 16.6 Å². The summed E-state index contributed by atoms with van der Waals surface area (Å²) < 4.78 is 26.0. The normalized spacial score (nSPS) is 11.7. The molecule has 2 rings (SSSR count). The van der Waals surface area contributed by atoms with Gasteiger partial charge in [-0.3, -0.25) is 5.10 Å². The molecular formula is C14H19N3O2S. The van der Waals surface area contributed by atoms with Gasteiger partial charge in [0.25, 0.3) is 0 Å². The number of nitrogens with zero attached hydrogens (tertiary/aromatic N) is 1. The van der Waals surface area contributed by atoms with E-state index in [0.717, 1.165) is 23.2 Å². The number of rotatable bonds is 7. The molecule has 0 unspecified atom stereocenters. The molecule has 2 aromatic rings. The molecule has 0 radical (unpaired) electrons. The monoisotopic (exact) mass is 293 g/mol. The van der Waals surface area contributed by atoms with E-state index in [1.165, 1.54) is 0 Å². The number of hydrogen-bond acceptors (Lipinski definition) is 3. The number of nitrogens with one attached hydrogen (secondary N) is 2. The average molecular weight is 293 g/mol. The minimum absolute atomic E-state index is 0.190. The van der Waals surface area contributed by atoms with Gasteiger partial charge in [-0.2, -0.15) is 5.10 Å². The number of sulfonamides is 1. The molecule has 108 valence electrons. The van der Waals surface area contributed by atoms with E-state index in [9.17, 15) is 8.42 Å². The minimum Gasteiger partial charge on any atom is -0.278 e. The number of aromatic amines is 1. The molecule has 0 saturated carbocycles. The van der Waals surface area contributed by atoms with E-state index in [4.69, 9.17) is 0 Å². The first-order valence-electron chi connectivity index (χ1n) is 6.67. The zero-order valence-electron chi connectivity index (χ0n) is 11.5. The summed E-state index contributed by atoms with van der Waals surface area (Å²) in [4.78, 5) is 0. The van der Waals surface area contributed by atoms with Crippen LogP contribution in [-0.4, -0.2) is 24.4 Å². The van der Waals surface area contributed by atoms with Crippen LogP contribution in [0.5, 0.6) is 0 Å². The zero-order chi connectivity index (χ0) is 14.4. The Morgan fingerprint density at radius 3 is 2.55 bits per heavy atom. The van der Waals surface area contributed by atoms with E-state index in [2.05, 4.69) is 14.9 Å². The third kappa shape index (κ3) is 4.18. The minimum atomic E-state index is -3.16. The van der Waals surface area contributed by atoms with Gasteiger partial charge in [-0.1, -0.05) is 37.6 Å². The van der Waals surface area contributed by atoms with Crippen LogP contribution in [0.25, 0.3) is 11.3 Å². The summed E-state index contributed by atoms with van der Waals surface area (Å²) in [6.45, 7) is 2.30. The van der Waals surface area contributed by atoms with Crippen molar-refractivity contribution in [3.8, 4) is 11.3 Å². The Balaban J connectivity index is 1.94. The maximum atomic E-state index is 11.7. The van der Waals surface area contributed by atoms with Crippen LogP contribution in [0.3, 0.4) is 0 Å². The predicted molar refractivity (Wildman–Crippen MR) is 79.6 cm³/mol. The van der Waals surface area contributed by atoms with Gasteiger partial charge < -0.3 is 0 Å². The molecule has 0 bridgehead atoms. The Labute approximate surface area is 119 Å². The highest BCUT2D eigenvalue weighted by Gasteiger charge is 2.08. The molecule has 0 saturated heterocycles. The first kappa shape index (κ1) is 14.7. The topological polar surface area (TPSA) is 74.8 Å². The van der Waals surface area contributed by atoms with Crippen molar-refractivity contribution in [2.45, 2.75) is 26.3 Å². The Morgan fingerprint density at radius 2 is 1.95 bits per heavy atom. The third-order valence-electron chi connectivity index (χ3n) is 3.03. The molecule has 0 spiro atoms. The van der Waals surface area contributed by atoms with Crippen LogP contribution < -0.4 is 4.72 Å². The number of aromatic nitrogens is 2. The largest absolute Gasteiger partial charge is 0.278 e. The number of hydrogen-bond donors (Lipinski definition) is 2. The molecule has 20 heavy (non-hydrogen) atoms. The molecule has 6 heteroatoms. The molecule has 0 atom stereocenters. The summed E-state index contributed by atoms with van der Waals surface area (Å²) in [6, 6.07) is 9.62. The van der Waals surface area contributed by atoms with Gasteiger partial charge in [-0.15, -0.1) is 0 Å². The zero-order valence-corrected chi connectivity index (χ0v) is 12.3. The third-order valence-corrected chi connectivity index (χ3v) is 4.44. The van der Waals surface area contributed by atoms with E-state index in [1.54, 1.807) is 6.20 Å². The molecule has 1 heterocycles. The Kier molecular flexibility index (Phi) is 4.92.